The lowest BCUT2D eigenvalue weighted by Gasteiger charge is -2.14. The molecule has 2 heteroatoms. The fraction of sp³-hybridized carbons (Fsp3) is 0.500. The van der Waals surface area contributed by atoms with Crippen molar-refractivity contribution in [2.24, 2.45) is 0 Å². The van der Waals surface area contributed by atoms with Crippen LogP contribution in [0.5, 0.6) is 5.75 Å². The number of hydrogen-bond donors (Lipinski definition) is 2. The van der Waals surface area contributed by atoms with E-state index in [0.29, 0.717) is 11.7 Å². The molecule has 0 aliphatic carbocycles. The Labute approximate surface area is 85.2 Å². The van der Waals surface area contributed by atoms with E-state index in [0.717, 1.165) is 19.3 Å². The number of hydrogen-bond acceptors (Lipinski definition) is 2. The van der Waals surface area contributed by atoms with E-state index in [1.807, 2.05) is 18.2 Å². The molecule has 78 valence electrons. The number of rotatable bonds is 5. The Morgan fingerprint density at radius 2 is 2.14 bits per heavy atom. The minimum atomic E-state index is 0.245. The van der Waals surface area contributed by atoms with Gasteiger partial charge in [-0.25, -0.2) is 0 Å². The Bertz CT molecular complexity index is 271. The van der Waals surface area contributed by atoms with Crippen LogP contribution in [0.2, 0.25) is 0 Å². The molecule has 1 atom stereocenters. The molecule has 0 fully saturated rings. The molecule has 0 aliphatic rings. The molecule has 14 heavy (non-hydrogen) atoms. The van der Waals surface area contributed by atoms with Crippen LogP contribution in [0.3, 0.4) is 0 Å². The van der Waals surface area contributed by atoms with Crippen molar-refractivity contribution in [1.82, 2.24) is 0 Å². The van der Waals surface area contributed by atoms with Crippen LogP contribution in [0.25, 0.3) is 0 Å². The molecule has 0 heterocycles. The van der Waals surface area contributed by atoms with Gasteiger partial charge in [-0.2, -0.15) is 0 Å². The van der Waals surface area contributed by atoms with Crippen LogP contribution in [0.15, 0.2) is 24.3 Å². The molecule has 0 saturated carbocycles. The largest absolute Gasteiger partial charge is 0.508 e. The van der Waals surface area contributed by atoms with E-state index in [4.69, 9.17) is 5.11 Å². The summed E-state index contributed by atoms with van der Waals surface area (Å²) >= 11 is 0. The van der Waals surface area contributed by atoms with Gasteiger partial charge < -0.3 is 10.2 Å². The molecule has 2 nitrogen and oxygen atoms in total. The maximum absolute atomic E-state index is 9.33. The first-order chi connectivity index (χ1) is 6.77. The van der Waals surface area contributed by atoms with E-state index in [9.17, 15) is 5.11 Å². The number of benzene rings is 1. The second-order valence-electron chi connectivity index (χ2n) is 3.57. The third kappa shape index (κ3) is 3.04. The van der Waals surface area contributed by atoms with Crippen molar-refractivity contribution in [3.8, 4) is 5.75 Å². The van der Waals surface area contributed by atoms with Gasteiger partial charge in [-0.3, -0.25) is 0 Å². The van der Waals surface area contributed by atoms with Gasteiger partial charge in [-0.05, 0) is 42.9 Å². The van der Waals surface area contributed by atoms with Gasteiger partial charge in [0.15, 0.2) is 0 Å². The molecule has 1 unspecified atom stereocenters. The SMILES string of the molecule is CCC(CCCO)c1cccc(O)c1. The van der Waals surface area contributed by atoms with E-state index in [1.54, 1.807) is 6.07 Å². The lowest BCUT2D eigenvalue weighted by molar-refractivity contribution is 0.279. The zero-order valence-electron chi connectivity index (χ0n) is 8.61. The minimum absolute atomic E-state index is 0.245. The predicted molar refractivity (Wildman–Crippen MR) is 57.5 cm³/mol. The van der Waals surface area contributed by atoms with E-state index in [-0.39, 0.29) is 6.61 Å². The van der Waals surface area contributed by atoms with Crippen molar-refractivity contribution in [3.63, 3.8) is 0 Å². The van der Waals surface area contributed by atoms with Crippen LogP contribution in [-0.4, -0.2) is 16.8 Å². The van der Waals surface area contributed by atoms with Crippen LogP contribution in [0, 0.1) is 0 Å². The molecule has 0 radical (unpaired) electrons. The summed E-state index contributed by atoms with van der Waals surface area (Å²) in [4.78, 5) is 0. The highest BCUT2D eigenvalue weighted by Gasteiger charge is 2.08. The summed E-state index contributed by atoms with van der Waals surface area (Å²) in [6, 6.07) is 7.39. The predicted octanol–water partition coefficient (Wildman–Crippen LogP) is 2.66. The molecule has 1 aromatic carbocycles. The first kappa shape index (κ1) is 11.1. The standard InChI is InChI=1S/C12H18O2/c1-2-10(6-4-8-13)11-5-3-7-12(14)9-11/h3,5,7,9-10,13-14H,2,4,6,8H2,1H3. The highest BCUT2D eigenvalue weighted by molar-refractivity contribution is 5.29. The summed E-state index contributed by atoms with van der Waals surface area (Å²) in [7, 11) is 0. The maximum Gasteiger partial charge on any atom is 0.115 e. The van der Waals surface area contributed by atoms with Crippen molar-refractivity contribution in [1.29, 1.82) is 0 Å². The van der Waals surface area contributed by atoms with Crippen molar-refractivity contribution >= 4 is 0 Å². The van der Waals surface area contributed by atoms with Gasteiger partial charge in [0, 0.05) is 6.61 Å². The van der Waals surface area contributed by atoms with E-state index < -0.39 is 0 Å². The summed E-state index contributed by atoms with van der Waals surface area (Å²) in [6.45, 7) is 2.38. The number of aromatic hydroxyl groups is 1. The molecular weight excluding hydrogens is 176 g/mol. The average molecular weight is 194 g/mol. The first-order valence-corrected chi connectivity index (χ1v) is 5.17. The van der Waals surface area contributed by atoms with Crippen LogP contribution < -0.4 is 0 Å². The molecule has 2 N–H and O–H groups in total. The van der Waals surface area contributed by atoms with Crippen LogP contribution in [0.4, 0.5) is 0 Å². The van der Waals surface area contributed by atoms with Gasteiger partial charge in [0.1, 0.15) is 5.75 Å². The van der Waals surface area contributed by atoms with Crippen LogP contribution >= 0.6 is 0 Å². The Kier molecular flexibility index (Phi) is 4.47. The number of aliphatic hydroxyl groups is 1. The summed E-state index contributed by atoms with van der Waals surface area (Å²) in [6.07, 6.45) is 2.86. The van der Waals surface area contributed by atoms with Crippen LogP contribution in [-0.2, 0) is 0 Å². The Morgan fingerprint density at radius 3 is 2.71 bits per heavy atom. The minimum Gasteiger partial charge on any atom is -0.508 e. The van der Waals surface area contributed by atoms with Gasteiger partial charge in [0.05, 0.1) is 0 Å². The summed E-state index contributed by atoms with van der Waals surface area (Å²) in [5.74, 6) is 0.777. The zero-order valence-corrected chi connectivity index (χ0v) is 8.61. The molecule has 0 aromatic heterocycles. The number of aliphatic hydroxyl groups excluding tert-OH is 1. The van der Waals surface area contributed by atoms with Gasteiger partial charge in [-0.15, -0.1) is 0 Å². The zero-order chi connectivity index (χ0) is 10.4. The monoisotopic (exact) mass is 194 g/mol. The van der Waals surface area contributed by atoms with Gasteiger partial charge in [-0.1, -0.05) is 19.1 Å². The van der Waals surface area contributed by atoms with Gasteiger partial charge in [0.2, 0.25) is 0 Å². The van der Waals surface area contributed by atoms with Crippen LogP contribution in [0.1, 0.15) is 37.7 Å². The second-order valence-corrected chi connectivity index (χ2v) is 3.57. The third-order valence-corrected chi connectivity index (χ3v) is 2.55. The normalized spacial score (nSPS) is 12.7. The van der Waals surface area contributed by atoms with Gasteiger partial charge in [0.25, 0.3) is 0 Å². The molecule has 1 rings (SSSR count). The van der Waals surface area contributed by atoms with E-state index >= 15 is 0 Å². The molecule has 0 aliphatic heterocycles. The molecule has 1 aromatic rings. The third-order valence-electron chi connectivity index (χ3n) is 2.55. The average Bonchev–Trinajstić information content (AvgIpc) is 2.19. The fourth-order valence-corrected chi connectivity index (χ4v) is 1.72. The maximum atomic E-state index is 9.33. The van der Waals surface area contributed by atoms with Crippen molar-refractivity contribution in [3.05, 3.63) is 29.8 Å². The Hall–Kier alpha value is -1.02. The topological polar surface area (TPSA) is 40.5 Å². The number of phenolic OH excluding ortho intramolecular Hbond substituents is 1. The lowest BCUT2D eigenvalue weighted by atomic mass is 9.92. The smallest absolute Gasteiger partial charge is 0.115 e. The number of phenols is 1. The Balaban J connectivity index is 2.68. The summed E-state index contributed by atoms with van der Waals surface area (Å²) < 4.78 is 0. The van der Waals surface area contributed by atoms with Crippen molar-refractivity contribution < 1.29 is 10.2 Å². The summed E-state index contributed by atoms with van der Waals surface area (Å²) in [5.41, 5.74) is 1.17. The molecule has 0 spiro atoms. The highest BCUT2D eigenvalue weighted by Crippen LogP contribution is 2.26. The van der Waals surface area contributed by atoms with Crippen molar-refractivity contribution in [2.45, 2.75) is 32.1 Å². The first-order valence-electron chi connectivity index (χ1n) is 5.17. The highest BCUT2D eigenvalue weighted by atomic mass is 16.3. The molecule has 0 bridgehead atoms. The fourth-order valence-electron chi connectivity index (χ4n) is 1.72. The second kappa shape index (κ2) is 5.66. The Morgan fingerprint density at radius 1 is 1.36 bits per heavy atom. The molecule has 0 amide bonds. The van der Waals surface area contributed by atoms with Crippen molar-refractivity contribution in [2.75, 3.05) is 6.61 Å². The van der Waals surface area contributed by atoms with Gasteiger partial charge >= 0.3 is 0 Å². The van der Waals surface area contributed by atoms with E-state index in [2.05, 4.69) is 6.92 Å². The lowest BCUT2D eigenvalue weighted by Crippen LogP contribution is -1.98. The summed E-state index contributed by atoms with van der Waals surface area (Å²) in [5, 5.41) is 18.1. The molecular formula is C12H18O2. The quantitative estimate of drug-likeness (QED) is 0.756. The molecule has 0 saturated heterocycles. The van der Waals surface area contributed by atoms with E-state index in [1.165, 1.54) is 5.56 Å².